The summed E-state index contributed by atoms with van der Waals surface area (Å²) in [6, 6.07) is 3.48. The van der Waals surface area contributed by atoms with Gasteiger partial charge in [0.25, 0.3) is 5.91 Å². The summed E-state index contributed by atoms with van der Waals surface area (Å²) in [6.45, 7) is 6.27. The second kappa shape index (κ2) is 7.53. The van der Waals surface area contributed by atoms with Gasteiger partial charge in [0.1, 0.15) is 11.5 Å². The summed E-state index contributed by atoms with van der Waals surface area (Å²) in [5, 5.41) is 2.70. The smallest absolute Gasteiger partial charge is 0.355 e. The minimum atomic E-state index is -0.864. The van der Waals surface area contributed by atoms with Gasteiger partial charge in [0, 0.05) is 32.8 Å². The van der Waals surface area contributed by atoms with Crippen LogP contribution in [0.5, 0.6) is 0 Å². The van der Waals surface area contributed by atoms with E-state index in [4.69, 9.17) is 13.9 Å². The molecule has 0 radical (unpaired) electrons. The van der Waals surface area contributed by atoms with Gasteiger partial charge in [0.05, 0.1) is 12.1 Å². The zero-order chi connectivity index (χ0) is 17.9. The van der Waals surface area contributed by atoms with Gasteiger partial charge in [-0.3, -0.25) is 4.79 Å². The molecule has 2 heterocycles. The minimum Gasteiger partial charge on any atom is -0.460 e. The lowest BCUT2D eigenvalue weighted by molar-refractivity contribution is -0.132. The molecule has 0 spiro atoms. The van der Waals surface area contributed by atoms with E-state index in [2.05, 4.69) is 5.32 Å². The first-order valence-corrected chi connectivity index (χ1v) is 7.88. The fourth-order valence-corrected chi connectivity index (χ4v) is 2.48. The Kier molecular flexibility index (Phi) is 5.66. The summed E-state index contributed by atoms with van der Waals surface area (Å²) in [7, 11) is 3.32. The number of ether oxygens (including phenoxy) is 2. The van der Waals surface area contributed by atoms with Crippen LogP contribution >= 0.6 is 0 Å². The van der Waals surface area contributed by atoms with E-state index in [9.17, 15) is 9.59 Å². The molecule has 0 saturated heterocycles. The van der Waals surface area contributed by atoms with E-state index in [0.29, 0.717) is 24.4 Å². The molecular weight excluding hydrogens is 312 g/mol. The number of aryl methyl sites for hydroxylation is 2. The molecule has 1 unspecified atom stereocenters. The number of furan rings is 1. The standard InChI is InChI=1S/C17H24N2O5/c1-10(2)15(16(20)18-6-7-22-5)24-17(21)13-9-14-12(19(13)4)8-11(3)23-14/h8-10,15H,6-7H2,1-5H3,(H,18,20). The minimum absolute atomic E-state index is 0.151. The number of carbonyl (C=O) groups excluding carboxylic acids is 2. The van der Waals surface area contributed by atoms with Crippen molar-refractivity contribution < 1.29 is 23.5 Å². The summed E-state index contributed by atoms with van der Waals surface area (Å²) in [6.07, 6.45) is -0.864. The normalized spacial score (nSPS) is 12.6. The third kappa shape index (κ3) is 3.79. The van der Waals surface area contributed by atoms with Crippen molar-refractivity contribution in [2.45, 2.75) is 26.9 Å². The molecule has 0 saturated carbocycles. The summed E-state index contributed by atoms with van der Waals surface area (Å²) < 4.78 is 17.6. The van der Waals surface area contributed by atoms with E-state index in [-0.39, 0.29) is 11.8 Å². The lowest BCUT2D eigenvalue weighted by Gasteiger charge is -2.20. The molecule has 0 aliphatic rings. The van der Waals surface area contributed by atoms with E-state index < -0.39 is 12.1 Å². The highest BCUT2D eigenvalue weighted by atomic mass is 16.5. The number of hydrogen-bond acceptors (Lipinski definition) is 5. The number of methoxy groups -OCH3 is 1. The summed E-state index contributed by atoms with van der Waals surface area (Å²) >= 11 is 0. The summed E-state index contributed by atoms with van der Waals surface area (Å²) in [4.78, 5) is 24.7. The molecule has 0 bridgehead atoms. The second-order valence-electron chi connectivity index (χ2n) is 6.05. The Hall–Kier alpha value is -2.28. The number of carbonyl (C=O) groups is 2. The Labute approximate surface area is 140 Å². The van der Waals surface area contributed by atoms with Crippen LogP contribution in [-0.2, 0) is 21.3 Å². The average Bonchev–Trinajstić information content (AvgIpc) is 3.02. The van der Waals surface area contributed by atoms with E-state index in [1.54, 1.807) is 24.8 Å². The Bertz CT molecular complexity index is 729. The van der Waals surface area contributed by atoms with Crippen LogP contribution in [-0.4, -0.2) is 42.8 Å². The van der Waals surface area contributed by atoms with E-state index in [0.717, 1.165) is 11.3 Å². The quantitative estimate of drug-likeness (QED) is 0.618. The zero-order valence-electron chi connectivity index (χ0n) is 14.7. The highest BCUT2D eigenvalue weighted by Gasteiger charge is 2.28. The largest absolute Gasteiger partial charge is 0.460 e. The number of esters is 1. The molecule has 1 N–H and O–H groups in total. The van der Waals surface area contributed by atoms with Crippen molar-refractivity contribution in [1.82, 2.24) is 9.88 Å². The van der Waals surface area contributed by atoms with Gasteiger partial charge >= 0.3 is 5.97 Å². The van der Waals surface area contributed by atoms with Gasteiger partial charge in [-0.15, -0.1) is 0 Å². The molecule has 0 fully saturated rings. The van der Waals surface area contributed by atoms with Crippen molar-refractivity contribution in [1.29, 1.82) is 0 Å². The van der Waals surface area contributed by atoms with Crippen molar-refractivity contribution >= 4 is 23.0 Å². The highest BCUT2D eigenvalue weighted by molar-refractivity contribution is 5.95. The van der Waals surface area contributed by atoms with Crippen LogP contribution in [0.25, 0.3) is 11.1 Å². The first-order valence-electron chi connectivity index (χ1n) is 7.88. The highest BCUT2D eigenvalue weighted by Crippen LogP contribution is 2.23. The van der Waals surface area contributed by atoms with Crippen LogP contribution in [0.1, 0.15) is 30.1 Å². The topological polar surface area (TPSA) is 82.7 Å². The number of fused-ring (bicyclic) bond motifs is 1. The van der Waals surface area contributed by atoms with Crippen LogP contribution < -0.4 is 5.32 Å². The number of nitrogens with zero attached hydrogens (tertiary/aromatic N) is 1. The Morgan fingerprint density at radius 2 is 2.04 bits per heavy atom. The van der Waals surface area contributed by atoms with Gasteiger partial charge < -0.3 is 23.8 Å². The predicted octanol–water partition coefficient (Wildman–Crippen LogP) is 2.02. The predicted molar refractivity (Wildman–Crippen MR) is 88.8 cm³/mol. The van der Waals surface area contributed by atoms with E-state index in [1.807, 2.05) is 26.8 Å². The molecule has 1 amide bonds. The lowest BCUT2D eigenvalue weighted by Crippen LogP contribution is -2.42. The van der Waals surface area contributed by atoms with Gasteiger partial charge in [-0.2, -0.15) is 0 Å². The maximum absolute atomic E-state index is 12.5. The third-order valence-corrected chi connectivity index (χ3v) is 3.77. The van der Waals surface area contributed by atoms with Gasteiger partial charge in [-0.1, -0.05) is 13.8 Å². The Morgan fingerprint density at radius 1 is 1.33 bits per heavy atom. The molecule has 0 aromatic carbocycles. The first-order chi connectivity index (χ1) is 11.3. The molecule has 7 heteroatoms. The van der Waals surface area contributed by atoms with E-state index >= 15 is 0 Å². The molecular formula is C17H24N2O5. The molecule has 7 nitrogen and oxygen atoms in total. The molecule has 1 atom stereocenters. The Morgan fingerprint density at radius 3 is 2.62 bits per heavy atom. The fourth-order valence-electron chi connectivity index (χ4n) is 2.48. The van der Waals surface area contributed by atoms with Crippen molar-refractivity contribution in [2.75, 3.05) is 20.3 Å². The van der Waals surface area contributed by atoms with E-state index in [1.165, 1.54) is 0 Å². The van der Waals surface area contributed by atoms with Crippen LogP contribution in [0.2, 0.25) is 0 Å². The maximum Gasteiger partial charge on any atom is 0.355 e. The number of hydrogen-bond donors (Lipinski definition) is 1. The number of nitrogens with one attached hydrogen (secondary N) is 1. The van der Waals surface area contributed by atoms with Crippen LogP contribution in [0.15, 0.2) is 16.5 Å². The number of rotatable bonds is 7. The van der Waals surface area contributed by atoms with Gasteiger partial charge in [-0.05, 0) is 12.8 Å². The monoisotopic (exact) mass is 336 g/mol. The van der Waals surface area contributed by atoms with Crippen LogP contribution in [0.3, 0.4) is 0 Å². The van der Waals surface area contributed by atoms with Crippen molar-refractivity contribution in [2.24, 2.45) is 13.0 Å². The van der Waals surface area contributed by atoms with Gasteiger partial charge in [0.2, 0.25) is 0 Å². The Balaban J connectivity index is 2.12. The lowest BCUT2D eigenvalue weighted by atomic mass is 10.1. The average molecular weight is 336 g/mol. The van der Waals surface area contributed by atoms with Crippen LogP contribution in [0, 0.1) is 12.8 Å². The van der Waals surface area contributed by atoms with Gasteiger partial charge in [0.15, 0.2) is 11.7 Å². The van der Waals surface area contributed by atoms with Crippen molar-refractivity contribution in [3.05, 3.63) is 23.6 Å². The fraction of sp³-hybridized carbons (Fsp3) is 0.529. The summed E-state index contributed by atoms with van der Waals surface area (Å²) in [5.41, 5.74) is 1.77. The molecule has 24 heavy (non-hydrogen) atoms. The molecule has 0 aliphatic heterocycles. The molecule has 132 valence electrons. The second-order valence-corrected chi connectivity index (χ2v) is 6.05. The van der Waals surface area contributed by atoms with Gasteiger partial charge in [-0.25, -0.2) is 4.79 Å². The summed E-state index contributed by atoms with van der Waals surface area (Å²) in [5.74, 6) is -0.263. The van der Waals surface area contributed by atoms with Crippen molar-refractivity contribution in [3.8, 4) is 0 Å². The SMILES string of the molecule is COCCNC(=O)C(OC(=O)c1cc2oc(C)cc2n1C)C(C)C. The molecule has 2 aromatic heterocycles. The molecule has 2 aromatic rings. The molecule has 0 aliphatic carbocycles. The zero-order valence-corrected chi connectivity index (χ0v) is 14.7. The third-order valence-electron chi connectivity index (χ3n) is 3.77. The first kappa shape index (κ1) is 18.1. The molecule has 2 rings (SSSR count). The van der Waals surface area contributed by atoms with Crippen molar-refractivity contribution in [3.63, 3.8) is 0 Å². The van der Waals surface area contributed by atoms with Crippen LogP contribution in [0.4, 0.5) is 0 Å². The maximum atomic E-state index is 12.5. The number of aromatic nitrogens is 1. The number of amides is 1.